The average Bonchev–Trinajstić information content (AvgIpc) is 3.86. The molecule has 1 aliphatic carbocycles. The van der Waals surface area contributed by atoms with Crippen LogP contribution in [0.15, 0.2) is 91.0 Å². The standard InChI is InChI=1S/C33H32ClN5O2/c34-29-14-12-28(13-15-29)33(41)39(22-24-6-7-24)23-32(40)38-20-18-37(19-21-38)31-17-16-30(35-36-31)27-10-8-26(9-11-27)25-4-2-1-3-5-25/h1-5,8-17,24H,6-7,18-23H2. The molecule has 0 spiro atoms. The van der Waals surface area contributed by atoms with Crippen molar-refractivity contribution in [2.45, 2.75) is 12.8 Å². The summed E-state index contributed by atoms with van der Waals surface area (Å²) in [5.41, 5.74) is 4.74. The van der Waals surface area contributed by atoms with Gasteiger partial charge in [0.15, 0.2) is 5.82 Å². The van der Waals surface area contributed by atoms with Crippen LogP contribution in [0, 0.1) is 5.92 Å². The van der Waals surface area contributed by atoms with Crippen molar-refractivity contribution in [2.75, 3.05) is 44.2 Å². The van der Waals surface area contributed by atoms with Gasteiger partial charge in [0.25, 0.3) is 5.91 Å². The van der Waals surface area contributed by atoms with Crippen molar-refractivity contribution in [3.63, 3.8) is 0 Å². The zero-order valence-corrected chi connectivity index (χ0v) is 23.6. The number of hydrogen-bond acceptors (Lipinski definition) is 5. The molecule has 208 valence electrons. The number of rotatable bonds is 8. The van der Waals surface area contributed by atoms with Gasteiger partial charge in [0.1, 0.15) is 6.54 Å². The van der Waals surface area contributed by atoms with Gasteiger partial charge in [-0.3, -0.25) is 9.59 Å². The smallest absolute Gasteiger partial charge is 0.254 e. The van der Waals surface area contributed by atoms with E-state index in [0.717, 1.165) is 35.5 Å². The highest BCUT2D eigenvalue weighted by atomic mass is 35.5. The fraction of sp³-hybridized carbons (Fsp3) is 0.273. The molecule has 1 aliphatic heterocycles. The first-order valence-electron chi connectivity index (χ1n) is 14.1. The van der Waals surface area contributed by atoms with Crippen LogP contribution in [0.3, 0.4) is 0 Å². The molecule has 0 radical (unpaired) electrons. The Labute approximate surface area is 245 Å². The van der Waals surface area contributed by atoms with Crippen LogP contribution >= 0.6 is 11.6 Å². The molecule has 0 atom stereocenters. The van der Waals surface area contributed by atoms with Gasteiger partial charge < -0.3 is 14.7 Å². The topological polar surface area (TPSA) is 69.6 Å². The molecule has 1 saturated carbocycles. The summed E-state index contributed by atoms with van der Waals surface area (Å²) < 4.78 is 0. The lowest BCUT2D eigenvalue weighted by molar-refractivity contribution is -0.132. The Bertz CT molecular complexity index is 1480. The molecule has 3 aromatic carbocycles. The van der Waals surface area contributed by atoms with Crippen molar-refractivity contribution in [1.29, 1.82) is 0 Å². The highest BCUT2D eigenvalue weighted by molar-refractivity contribution is 6.30. The fourth-order valence-corrected chi connectivity index (χ4v) is 5.29. The van der Waals surface area contributed by atoms with Gasteiger partial charge in [-0.1, -0.05) is 66.2 Å². The summed E-state index contributed by atoms with van der Waals surface area (Å²) in [6.07, 6.45) is 2.21. The summed E-state index contributed by atoms with van der Waals surface area (Å²) in [5.74, 6) is 1.15. The molecular weight excluding hydrogens is 534 g/mol. The molecular formula is C33H32ClN5O2. The lowest BCUT2D eigenvalue weighted by Gasteiger charge is -2.36. The maximum atomic E-state index is 13.2. The number of piperazine rings is 1. The maximum Gasteiger partial charge on any atom is 0.254 e. The number of carbonyl (C=O) groups is 2. The highest BCUT2D eigenvalue weighted by Crippen LogP contribution is 2.30. The molecule has 1 saturated heterocycles. The molecule has 0 bridgehead atoms. The number of amides is 2. The molecule has 41 heavy (non-hydrogen) atoms. The fourth-order valence-electron chi connectivity index (χ4n) is 5.17. The summed E-state index contributed by atoms with van der Waals surface area (Å²) in [5, 5.41) is 9.56. The average molecular weight is 566 g/mol. The van der Waals surface area contributed by atoms with Gasteiger partial charge in [-0.25, -0.2) is 0 Å². The highest BCUT2D eigenvalue weighted by Gasteiger charge is 2.30. The first-order chi connectivity index (χ1) is 20.0. The Morgan fingerprint density at radius 2 is 1.41 bits per heavy atom. The first-order valence-corrected chi connectivity index (χ1v) is 14.5. The minimum absolute atomic E-state index is 0.0204. The number of benzene rings is 3. The number of halogens is 1. The third-order valence-electron chi connectivity index (χ3n) is 7.77. The molecule has 2 aliphatic rings. The zero-order valence-electron chi connectivity index (χ0n) is 22.8. The van der Waals surface area contributed by atoms with E-state index in [2.05, 4.69) is 51.5 Å². The van der Waals surface area contributed by atoms with E-state index in [1.807, 2.05) is 35.2 Å². The third-order valence-corrected chi connectivity index (χ3v) is 8.03. The number of nitrogens with zero attached hydrogens (tertiary/aromatic N) is 5. The summed E-state index contributed by atoms with van der Waals surface area (Å²) in [7, 11) is 0. The van der Waals surface area contributed by atoms with Gasteiger partial charge in [-0.15, -0.1) is 10.2 Å². The largest absolute Gasteiger partial charge is 0.352 e. The zero-order chi connectivity index (χ0) is 28.2. The molecule has 6 rings (SSSR count). The summed E-state index contributed by atoms with van der Waals surface area (Å²) in [6, 6.07) is 29.5. The number of aromatic nitrogens is 2. The van der Waals surface area contributed by atoms with Crippen molar-refractivity contribution in [3.8, 4) is 22.4 Å². The maximum absolute atomic E-state index is 13.2. The van der Waals surface area contributed by atoms with E-state index >= 15 is 0 Å². The minimum Gasteiger partial charge on any atom is -0.352 e. The van der Waals surface area contributed by atoms with E-state index < -0.39 is 0 Å². The van der Waals surface area contributed by atoms with Crippen LogP contribution in [0.4, 0.5) is 5.82 Å². The van der Waals surface area contributed by atoms with Gasteiger partial charge in [-0.2, -0.15) is 0 Å². The lowest BCUT2D eigenvalue weighted by atomic mass is 10.0. The second-order valence-electron chi connectivity index (χ2n) is 10.7. The van der Waals surface area contributed by atoms with E-state index in [1.54, 1.807) is 29.2 Å². The molecule has 2 fully saturated rings. The van der Waals surface area contributed by atoms with Crippen LogP contribution in [-0.4, -0.2) is 71.1 Å². The normalized spacial score (nSPS) is 15.0. The van der Waals surface area contributed by atoms with E-state index in [1.165, 1.54) is 5.56 Å². The van der Waals surface area contributed by atoms with E-state index in [0.29, 0.717) is 49.2 Å². The summed E-state index contributed by atoms with van der Waals surface area (Å²) in [6.45, 7) is 3.20. The number of anilines is 1. The van der Waals surface area contributed by atoms with E-state index in [-0.39, 0.29) is 18.4 Å². The Kier molecular flexibility index (Phi) is 7.96. The third kappa shape index (κ3) is 6.57. The molecule has 2 heterocycles. The second kappa shape index (κ2) is 12.1. The predicted octanol–water partition coefficient (Wildman–Crippen LogP) is 5.67. The molecule has 0 N–H and O–H groups in total. The second-order valence-corrected chi connectivity index (χ2v) is 11.2. The summed E-state index contributed by atoms with van der Waals surface area (Å²) in [4.78, 5) is 32.1. The van der Waals surface area contributed by atoms with Crippen LogP contribution < -0.4 is 4.90 Å². The van der Waals surface area contributed by atoms with Crippen molar-refractivity contribution < 1.29 is 9.59 Å². The SMILES string of the molecule is O=C(CN(CC1CC1)C(=O)c1ccc(Cl)cc1)N1CCN(c2ccc(-c3ccc(-c4ccccc4)cc3)nn2)CC1. The van der Waals surface area contributed by atoms with Gasteiger partial charge in [0.05, 0.1) is 5.69 Å². The monoisotopic (exact) mass is 565 g/mol. The first kappa shape index (κ1) is 27.0. The molecule has 0 unspecified atom stereocenters. The Balaban J connectivity index is 1.04. The number of hydrogen-bond donors (Lipinski definition) is 0. The predicted molar refractivity (Wildman–Crippen MR) is 162 cm³/mol. The van der Waals surface area contributed by atoms with E-state index in [9.17, 15) is 9.59 Å². The quantitative estimate of drug-likeness (QED) is 0.275. The Morgan fingerprint density at radius 3 is 2.05 bits per heavy atom. The summed E-state index contributed by atoms with van der Waals surface area (Å²) >= 11 is 5.99. The van der Waals surface area contributed by atoms with Gasteiger partial charge in [-0.05, 0) is 66.3 Å². The molecule has 7 nitrogen and oxygen atoms in total. The van der Waals surface area contributed by atoms with Gasteiger partial charge >= 0.3 is 0 Å². The minimum atomic E-state index is -0.120. The van der Waals surface area contributed by atoms with Crippen molar-refractivity contribution in [3.05, 3.63) is 102 Å². The van der Waals surface area contributed by atoms with Gasteiger partial charge in [0, 0.05) is 48.9 Å². The van der Waals surface area contributed by atoms with Crippen LogP contribution in [0.2, 0.25) is 5.02 Å². The Morgan fingerprint density at radius 1 is 0.756 bits per heavy atom. The number of carbonyl (C=O) groups excluding carboxylic acids is 2. The van der Waals surface area contributed by atoms with E-state index in [4.69, 9.17) is 11.6 Å². The van der Waals surface area contributed by atoms with Crippen LogP contribution in [0.5, 0.6) is 0 Å². The van der Waals surface area contributed by atoms with Crippen molar-refractivity contribution in [2.24, 2.45) is 5.92 Å². The van der Waals surface area contributed by atoms with Crippen LogP contribution in [0.1, 0.15) is 23.2 Å². The molecule has 8 heteroatoms. The van der Waals surface area contributed by atoms with Crippen molar-refractivity contribution in [1.82, 2.24) is 20.0 Å². The van der Waals surface area contributed by atoms with Crippen LogP contribution in [-0.2, 0) is 4.79 Å². The van der Waals surface area contributed by atoms with Gasteiger partial charge in [0.2, 0.25) is 5.91 Å². The Hall–Kier alpha value is -4.23. The molecule has 1 aromatic heterocycles. The molecule has 4 aromatic rings. The molecule has 2 amide bonds. The van der Waals surface area contributed by atoms with Crippen LogP contribution in [0.25, 0.3) is 22.4 Å². The van der Waals surface area contributed by atoms with Crippen molar-refractivity contribution >= 4 is 29.2 Å². The lowest BCUT2D eigenvalue weighted by Crippen LogP contribution is -2.52.